The largest absolute Gasteiger partial charge is 0.495 e. The molecule has 1 N–H and O–H groups in total. The Morgan fingerprint density at radius 2 is 1.89 bits per heavy atom. The molecule has 0 saturated heterocycles. The van der Waals surface area contributed by atoms with E-state index in [0.29, 0.717) is 23.0 Å². The molecule has 146 valence electrons. The third kappa shape index (κ3) is 6.08. The summed E-state index contributed by atoms with van der Waals surface area (Å²) in [7, 11) is 3.30. The molecule has 2 rings (SSSR count). The number of ether oxygens (including phenoxy) is 2. The van der Waals surface area contributed by atoms with Gasteiger partial charge in [0.1, 0.15) is 11.5 Å². The van der Waals surface area contributed by atoms with E-state index in [9.17, 15) is 13.6 Å². The maximum atomic E-state index is 12.5. The molecular weight excluding hydrogens is 378 g/mol. The number of rotatable bonds is 8. The number of benzene rings is 2. The highest BCUT2D eigenvalue weighted by molar-refractivity contribution is 6.31. The molecule has 0 aliphatic heterocycles. The van der Waals surface area contributed by atoms with Crippen LogP contribution in [0.3, 0.4) is 0 Å². The minimum absolute atomic E-state index is 0.0928. The molecule has 0 spiro atoms. The standard InChI is InChI=1S/C19H21ClF2N2O3/c1-12(18(25)23-16-10-14(20)6-9-17(16)26-3)24(2)11-13-4-7-15(8-5-13)27-19(21)22/h4-10,12,19H,11H2,1-3H3,(H,23,25)/t12-/m0/s1. The molecule has 0 fully saturated rings. The van der Waals surface area contributed by atoms with Crippen LogP contribution in [0, 0.1) is 0 Å². The second-order valence-electron chi connectivity index (χ2n) is 5.95. The van der Waals surface area contributed by atoms with Gasteiger partial charge in [-0.3, -0.25) is 9.69 Å². The molecule has 0 aliphatic carbocycles. The summed E-state index contributed by atoms with van der Waals surface area (Å²) in [5.74, 6) is 0.378. The van der Waals surface area contributed by atoms with Crippen molar-refractivity contribution in [1.82, 2.24) is 4.90 Å². The third-order valence-corrected chi connectivity index (χ3v) is 4.28. The van der Waals surface area contributed by atoms with Gasteiger partial charge in [0.05, 0.1) is 18.8 Å². The van der Waals surface area contributed by atoms with Crippen LogP contribution in [0.4, 0.5) is 14.5 Å². The van der Waals surface area contributed by atoms with Crippen LogP contribution in [0.5, 0.6) is 11.5 Å². The first-order chi connectivity index (χ1) is 12.8. The smallest absolute Gasteiger partial charge is 0.387 e. The molecular formula is C19H21ClF2N2O3. The first-order valence-electron chi connectivity index (χ1n) is 8.18. The van der Waals surface area contributed by atoms with Gasteiger partial charge >= 0.3 is 6.61 Å². The van der Waals surface area contributed by atoms with Gasteiger partial charge in [0.25, 0.3) is 0 Å². The molecule has 0 aliphatic rings. The monoisotopic (exact) mass is 398 g/mol. The Hall–Kier alpha value is -2.38. The van der Waals surface area contributed by atoms with Gasteiger partial charge < -0.3 is 14.8 Å². The SMILES string of the molecule is COc1ccc(Cl)cc1NC(=O)[C@H](C)N(C)Cc1ccc(OC(F)F)cc1. The summed E-state index contributed by atoms with van der Waals surface area (Å²) in [4.78, 5) is 14.4. The van der Waals surface area contributed by atoms with Crippen LogP contribution in [0.1, 0.15) is 12.5 Å². The van der Waals surface area contributed by atoms with Crippen molar-refractivity contribution in [2.45, 2.75) is 26.1 Å². The summed E-state index contributed by atoms with van der Waals surface area (Å²) in [6, 6.07) is 10.8. The summed E-state index contributed by atoms with van der Waals surface area (Å²) in [5.41, 5.74) is 1.35. The number of carbonyl (C=O) groups excluding carboxylic acids is 1. The minimum Gasteiger partial charge on any atom is -0.495 e. The average molecular weight is 399 g/mol. The molecule has 0 unspecified atom stereocenters. The van der Waals surface area contributed by atoms with Crippen molar-refractivity contribution in [1.29, 1.82) is 0 Å². The van der Waals surface area contributed by atoms with Crippen LogP contribution in [0.15, 0.2) is 42.5 Å². The lowest BCUT2D eigenvalue weighted by Crippen LogP contribution is -2.39. The van der Waals surface area contributed by atoms with Crippen molar-refractivity contribution in [3.05, 3.63) is 53.1 Å². The van der Waals surface area contributed by atoms with Gasteiger partial charge in [-0.25, -0.2) is 0 Å². The van der Waals surface area contributed by atoms with Crippen LogP contribution < -0.4 is 14.8 Å². The summed E-state index contributed by atoms with van der Waals surface area (Å²) in [6.07, 6.45) is 0. The van der Waals surface area contributed by atoms with Crippen LogP contribution in [-0.2, 0) is 11.3 Å². The fourth-order valence-corrected chi connectivity index (χ4v) is 2.59. The predicted molar refractivity (Wildman–Crippen MR) is 101 cm³/mol. The Morgan fingerprint density at radius 1 is 1.22 bits per heavy atom. The summed E-state index contributed by atoms with van der Waals surface area (Å²) < 4.78 is 33.9. The zero-order valence-corrected chi connectivity index (χ0v) is 16.0. The van der Waals surface area contributed by atoms with Crippen molar-refractivity contribution in [3.63, 3.8) is 0 Å². The first kappa shape index (κ1) is 20.9. The molecule has 2 aromatic carbocycles. The number of alkyl halides is 2. The van der Waals surface area contributed by atoms with Gasteiger partial charge in [0.15, 0.2) is 0 Å². The van der Waals surface area contributed by atoms with Crippen LogP contribution in [0.25, 0.3) is 0 Å². The number of methoxy groups -OCH3 is 1. The Kier molecular flexibility index (Phi) is 7.38. The van der Waals surface area contributed by atoms with Crippen molar-refractivity contribution in [2.24, 2.45) is 0 Å². The van der Waals surface area contributed by atoms with Gasteiger partial charge in [-0.05, 0) is 49.9 Å². The fraction of sp³-hybridized carbons (Fsp3) is 0.316. The quantitative estimate of drug-likeness (QED) is 0.715. The number of halogens is 3. The van der Waals surface area contributed by atoms with E-state index < -0.39 is 12.7 Å². The lowest BCUT2D eigenvalue weighted by molar-refractivity contribution is -0.120. The second kappa shape index (κ2) is 9.53. The van der Waals surface area contributed by atoms with Crippen molar-refractivity contribution < 1.29 is 23.0 Å². The Bertz CT molecular complexity index is 772. The number of nitrogens with one attached hydrogen (secondary N) is 1. The molecule has 0 heterocycles. The van der Waals surface area contributed by atoms with E-state index in [0.717, 1.165) is 5.56 Å². The maximum Gasteiger partial charge on any atom is 0.387 e. The Balaban J connectivity index is 1.99. The van der Waals surface area contributed by atoms with E-state index in [1.165, 1.54) is 19.2 Å². The van der Waals surface area contributed by atoms with E-state index in [-0.39, 0.29) is 11.7 Å². The number of carbonyl (C=O) groups is 1. The fourth-order valence-electron chi connectivity index (χ4n) is 2.42. The lowest BCUT2D eigenvalue weighted by Gasteiger charge is -2.24. The number of nitrogens with zero attached hydrogens (tertiary/aromatic N) is 1. The van der Waals surface area contributed by atoms with E-state index >= 15 is 0 Å². The minimum atomic E-state index is -2.86. The van der Waals surface area contributed by atoms with Gasteiger partial charge in [-0.2, -0.15) is 8.78 Å². The topological polar surface area (TPSA) is 50.8 Å². The Labute approximate surface area is 161 Å². The van der Waals surface area contributed by atoms with Crippen molar-refractivity contribution in [3.8, 4) is 11.5 Å². The second-order valence-corrected chi connectivity index (χ2v) is 6.38. The van der Waals surface area contributed by atoms with Gasteiger partial charge in [-0.1, -0.05) is 23.7 Å². The van der Waals surface area contributed by atoms with Crippen LogP contribution >= 0.6 is 11.6 Å². The number of likely N-dealkylation sites (N-methyl/N-ethyl adjacent to an activating group) is 1. The normalized spacial score (nSPS) is 12.1. The Morgan fingerprint density at radius 3 is 2.48 bits per heavy atom. The zero-order valence-electron chi connectivity index (χ0n) is 15.2. The highest BCUT2D eigenvalue weighted by Crippen LogP contribution is 2.28. The molecule has 5 nitrogen and oxygen atoms in total. The average Bonchev–Trinajstić information content (AvgIpc) is 2.62. The molecule has 0 radical (unpaired) electrons. The highest BCUT2D eigenvalue weighted by atomic mass is 35.5. The van der Waals surface area contributed by atoms with E-state index in [2.05, 4.69) is 10.1 Å². The summed E-state index contributed by atoms with van der Waals surface area (Å²) >= 11 is 5.98. The van der Waals surface area contributed by atoms with Crippen LogP contribution in [-0.4, -0.2) is 37.6 Å². The maximum absolute atomic E-state index is 12.5. The van der Waals surface area contributed by atoms with Gasteiger partial charge in [-0.15, -0.1) is 0 Å². The first-order valence-corrected chi connectivity index (χ1v) is 8.56. The molecule has 0 bridgehead atoms. The lowest BCUT2D eigenvalue weighted by atomic mass is 10.1. The van der Waals surface area contributed by atoms with Gasteiger partial charge in [0.2, 0.25) is 5.91 Å². The van der Waals surface area contributed by atoms with E-state index in [1.54, 1.807) is 44.3 Å². The van der Waals surface area contributed by atoms with Gasteiger partial charge in [0, 0.05) is 11.6 Å². The van der Waals surface area contributed by atoms with Crippen molar-refractivity contribution >= 4 is 23.2 Å². The van der Waals surface area contributed by atoms with E-state index in [4.69, 9.17) is 16.3 Å². The molecule has 27 heavy (non-hydrogen) atoms. The zero-order chi connectivity index (χ0) is 20.0. The molecule has 1 amide bonds. The summed E-state index contributed by atoms with van der Waals surface area (Å²) in [6.45, 7) is -0.637. The molecule has 1 atom stereocenters. The van der Waals surface area contributed by atoms with E-state index in [1.807, 2.05) is 4.90 Å². The van der Waals surface area contributed by atoms with Crippen LogP contribution in [0.2, 0.25) is 5.02 Å². The number of amides is 1. The number of hydrogen-bond donors (Lipinski definition) is 1. The van der Waals surface area contributed by atoms with Crippen molar-refractivity contribution in [2.75, 3.05) is 19.5 Å². The predicted octanol–water partition coefficient (Wildman–Crippen LogP) is 4.41. The third-order valence-electron chi connectivity index (χ3n) is 4.04. The summed E-state index contributed by atoms with van der Waals surface area (Å²) in [5, 5.41) is 3.29. The molecule has 8 heteroatoms. The number of hydrogen-bond acceptors (Lipinski definition) is 4. The molecule has 0 saturated carbocycles. The highest BCUT2D eigenvalue weighted by Gasteiger charge is 2.20. The molecule has 2 aromatic rings. The molecule has 0 aromatic heterocycles. The number of anilines is 1.